The van der Waals surface area contributed by atoms with Crippen molar-refractivity contribution in [1.29, 1.82) is 5.26 Å². The fourth-order valence-corrected chi connectivity index (χ4v) is 1.50. The van der Waals surface area contributed by atoms with Gasteiger partial charge < -0.3 is 11.1 Å². The van der Waals surface area contributed by atoms with Crippen molar-refractivity contribution in [3.05, 3.63) is 27.9 Å². The summed E-state index contributed by atoms with van der Waals surface area (Å²) >= 11 is 0. The maximum absolute atomic E-state index is 10.3. The second-order valence-electron chi connectivity index (χ2n) is 3.81. The smallest absolute Gasteiger partial charge is 0.305 e. The standard InChI is InChI=1S/C6H4N4O2.C5H11N/c7-2-4-1-6(8)9-3-5(4)10(11)12;1-2-4-6-5-3-1/h1,3H,(H2,8,9);6H,1-5H2. The molecule has 1 aromatic heterocycles. The third-order valence-corrected chi connectivity index (χ3v) is 2.43. The highest BCUT2D eigenvalue weighted by molar-refractivity contribution is 5.51. The molecule has 1 aromatic rings. The van der Waals surface area contributed by atoms with Crippen molar-refractivity contribution in [3.8, 4) is 6.07 Å². The average Bonchev–Trinajstić information content (AvgIpc) is 2.41. The van der Waals surface area contributed by atoms with Crippen LogP contribution in [0.2, 0.25) is 0 Å². The van der Waals surface area contributed by atoms with Crippen molar-refractivity contribution < 1.29 is 4.92 Å². The summed E-state index contributed by atoms with van der Waals surface area (Å²) in [4.78, 5) is 13.1. The predicted octanol–water partition coefficient (Wildman–Crippen LogP) is 1.20. The number of rotatable bonds is 1. The number of aromatic nitrogens is 1. The molecule has 0 aromatic carbocycles. The fraction of sp³-hybridized carbons (Fsp3) is 0.455. The van der Waals surface area contributed by atoms with Crippen molar-refractivity contribution >= 4 is 11.5 Å². The summed E-state index contributed by atoms with van der Waals surface area (Å²) in [7, 11) is 0. The molecule has 1 aliphatic rings. The van der Waals surface area contributed by atoms with E-state index >= 15 is 0 Å². The number of nitrogens with two attached hydrogens (primary N) is 1. The van der Waals surface area contributed by atoms with Crippen LogP contribution in [0.4, 0.5) is 11.5 Å². The lowest BCUT2D eigenvalue weighted by Gasteiger charge is -2.08. The molecule has 1 aliphatic heterocycles. The first-order chi connectivity index (χ1) is 8.65. The Kier molecular flexibility index (Phi) is 5.54. The summed E-state index contributed by atoms with van der Waals surface area (Å²) in [6, 6.07) is 2.82. The molecule has 0 spiro atoms. The number of nitrogens with zero attached hydrogens (tertiary/aromatic N) is 3. The minimum absolute atomic E-state index is 0.0764. The molecule has 0 unspecified atom stereocenters. The third kappa shape index (κ3) is 4.35. The van der Waals surface area contributed by atoms with E-state index in [4.69, 9.17) is 11.0 Å². The minimum Gasteiger partial charge on any atom is -0.384 e. The summed E-state index contributed by atoms with van der Waals surface area (Å²) in [5, 5.41) is 22.0. The van der Waals surface area contributed by atoms with Gasteiger partial charge in [0.25, 0.3) is 0 Å². The molecule has 0 aliphatic carbocycles. The van der Waals surface area contributed by atoms with Crippen LogP contribution in [-0.2, 0) is 0 Å². The SMILES string of the molecule is C1CCNCC1.N#Cc1cc(N)ncc1[N+](=O)[O-]. The predicted molar refractivity (Wildman–Crippen MR) is 66.7 cm³/mol. The Morgan fingerprint density at radius 2 is 2.11 bits per heavy atom. The Morgan fingerprint density at radius 1 is 1.44 bits per heavy atom. The van der Waals surface area contributed by atoms with Gasteiger partial charge in [-0.1, -0.05) is 6.42 Å². The highest BCUT2D eigenvalue weighted by Crippen LogP contribution is 2.17. The van der Waals surface area contributed by atoms with Gasteiger partial charge in [0.05, 0.1) is 4.92 Å². The summed E-state index contributed by atoms with van der Waals surface area (Å²) in [6.07, 6.45) is 5.18. The van der Waals surface area contributed by atoms with Crippen molar-refractivity contribution in [2.75, 3.05) is 18.8 Å². The van der Waals surface area contributed by atoms with Gasteiger partial charge in [-0.25, -0.2) is 4.98 Å². The monoisotopic (exact) mass is 249 g/mol. The third-order valence-electron chi connectivity index (χ3n) is 2.43. The number of pyridine rings is 1. The van der Waals surface area contributed by atoms with Gasteiger partial charge in [-0.15, -0.1) is 0 Å². The van der Waals surface area contributed by atoms with Crippen molar-refractivity contribution in [2.45, 2.75) is 19.3 Å². The summed E-state index contributed by atoms with van der Waals surface area (Å²) < 4.78 is 0. The van der Waals surface area contributed by atoms with Gasteiger partial charge in [-0.2, -0.15) is 5.26 Å². The molecule has 2 heterocycles. The lowest BCUT2D eigenvalue weighted by molar-refractivity contribution is -0.385. The van der Waals surface area contributed by atoms with Crippen LogP contribution in [0, 0.1) is 21.4 Å². The molecular formula is C11H15N5O2. The van der Waals surface area contributed by atoms with Crippen LogP contribution < -0.4 is 11.1 Å². The maximum Gasteiger partial charge on any atom is 0.305 e. The summed E-state index contributed by atoms with van der Waals surface area (Å²) in [5.74, 6) is 0.0946. The lowest BCUT2D eigenvalue weighted by atomic mass is 10.2. The molecule has 18 heavy (non-hydrogen) atoms. The Labute approximate surface area is 105 Å². The second-order valence-corrected chi connectivity index (χ2v) is 3.81. The van der Waals surface area contributed by atoms with Crippen LogP contribution in [-0.4, -0.2) is 23.0 Å². The molecule has 0 bridgehead atoms. The van der Waals surface area contributed by atoms with E-state index in [0.29, 0.717) is 0 Å². The van der Waals surface area contributed by atoms with Crippen molar-refractivity contribution in [1.82, 2.24) is 10.3 Å². The minimum atomic E-state index is -0.676. The molecule has 7 heteroatoms. The molecule has 7 nitrogen and oxygen atoms in total. The zero-order chi connectivity index (χ0) is 13.4. The normalized spacial score (nSPS) is 13.9. The number of piperidine rings is 1. The van der Waals surface area contributed by atoms with E-state index in [1.807, 2.05) is 0 Å². The molecule has 0 amide bonds. The molecule has 0 saturated carbocycles. The highest BCUT2D eigenvalue weighted by Gasteiger charge is 2.13. The van der Waals surface area contributed by atoms with Gasteiger partial charge in [0.1, 0.15) is 23.6 Å². The van der Waals surface area contributed by atoms with E-state index < -0.39 is 4.92 Å². The summed E-state index contributed by atoms with van der Waals surface area (Å²) in [6.45, 7) is 2.50. The topological polar surface area (TPSA) is 118 Å². The highest BCUT2D eigenvalue weighted by atomic mass is 16.6. The quantitative estimate of drug-likeness (QED) is 0.570. The number of anilines is 1. The zero-order valence-corrected chi connectivity index (χ0v) is 9.93. The number of nitro groups is 1. The maximum atomic E-state index is 10.3. The van der Waals surface area contributed by atoms with Crippen LogP contribution >= 0.6 is 0 Å². The molecule has 0 radical (unpaired) electrons. The van der Waals surface area contributed by atoms with E-state index in [-0.39, 0.29) is 17.1 Å². The van der Waals surface area contributed by atoms with Gasteiger partial charge in [0.15, 0.2) is 0 Å². The van der Waals surface area contributed by atoms with Crippen LogP contribution in [0.5, 0.6) is 0 Å². The van der Waals surface area contributed by atoms with Gasteiger partial charge in [-0.3, -0.25) is 10.1 Å². The molecule has 96 valence electrons. The van der Waals surface area contributed by atoms with Gasteiger partial charge in [-0.05, 0) is 25.9 Å². The first kappa shape index (κ1) is 13.9. The molecule has 2 rings (SSSR count). The molecule has 3 N–H and O–H groups in total. The fourth-order valence-electron chi connectivity index (χ4n) is 1.50. The van der Waals surface area contributed by atoms with Crippen LogP contribution in [0.15, 0.2) is 12.3 Å². The molecule has 1 fully saturated rings. The number of nitrogens with one attached hydrogen (secondary N) is 1. The second kappa shape index (κ2) is 7.19. The zero-order valence-electron chi connectivity index (χ0n) is 9.93. The van der Waals surface area contributed by atoms with Crippen molar-refractivity contribution in [3.63, 3.8) is 0 Å². The van der Waals surface area contributed by atoms with E-state index in [9.17, 15) is 10.1 Å². The number of nitrogen functional groups attached to an aromatic ring is 1. The first-order valence-electron chi connectivity index (χ1n) is 5.66. The van der Waals surface area contributed by atoms with Crippen molar-refractivity contribution in [2.24, 2.45) is 0 Å². The van der Waals surface area contributed by atoms with Gasteiger partial charge in [0, 0.05) is 6.07 Å². The summed E-state index contributed by atoms with van der Waals surface area (Å²) in [5.41, 5.74) is 4.81. The van der Waals surface area contributed by atoms with E-state index in [1.54, 1.807) is 6.07 Å². The number of hydrogen-bond donors (Lipinski definition) is 2. The van der Waals surface area contributed by atoms with E-state index in [2.05, 4.69) is 10.3 Å². The lowest BCUT2D eigenvalue weighted by Crippen LogP contribution is -2.21. The van der Waals surface area contributed by atoms with Crippen LogP contribution in [0.25, 0.3) is 0 Å². The molecule has 1 saturated heterocycles. The Bertz CT molecular complexity index is 440. The van der Waals surface area contributed by atoms with Crippen LogP contribution in [0.1, 0.15) is 24.8 Å². The number of nitriles is 1. The Morgan fingerprint density at radius 3 is 2.50 bits per heavy atom. The Hall–Kier alpha value is -2.20. The Balaban J connectivity index is 0.000000225. The molecular weight excluding hydrogens is 234 g/mol. The number of hydrogen-bond acceptors (Lipinski definition) is 6. The largest absolute Gasteiger partial charge is 0.384 e. The van der Waals surface area contributed by atoms with E-state index in [0.717, 1.165) is 12.3 Å². The van der Waals surface area contributed by atoms with Crippen LogP contribution in [0.3, 0.4) is 0 Å². The molecule has 0 atom stereocenters. The first-order valence-corrected chi connectivity index (χ1v) is 5.66. The van der Waals surface area contributed by atoms with E-state index in [1.165, 1.54) is 32.4 Å². The van der Waals surface area contributed by atoms with Gasteiger partial charge in [0.2, 0.25) is 0 Å². The average molecular weight is 249 g/mol. The van der Waals surface area contributed by atoms with Gasteiger partial charge >= 0.3 is 5.69 Å².